The second-order valence-electron chi connectivity index (χ2n) is 7.57. The molecule has 3 heterocycles. The highest BCUT2D eigenvalue weighted by atomic mass is 19.3. The number of rotatable bonds is 5. The van der Waals surface area contributed by atoms with Crippen LogP contribution in [0, 0.1) is 6.92 Å². The van der Waals surface area contributed by atoms with Crippen molar-refractivity contribution in [2.75, 3.05) is 0 Å². The zero-order chi connectivity index (χ0) is 20.4. The van der Waals surface area contributed by atoms with Crippen molar-refractivity contribution in [1.29, 1.82) is 0 Å². The molecule has 0 atom stereocenters. The molecule has 1 aliphatic carbocycles. The molecule has 0 spiro atoms. The Labute approximate surface area is 167 Å². The van der Waals surface area contributed by atoms with Crippen LogP contribution >= 0.6 is 0 Å². The number of aryl methyl sites for hydroxylation is 1. The zero-order valence-electron chi connectivity index (χ0n) is 16.3. The molecule has 29 heavy (non-hydrogen) atoms. The number of nitrogens with one attached hydrogen (secondary N) is 1. The maximum Gasteiger partial charge on any atom is 0.264 e. The van der Waals surface area contributed by atoms with Gasteiger partial charge in [-0.15, -0.1) is 0 Å². The van der Waals surface area contributed by atoms with Crippen molar-refractivity contribution in [2.24, 2.45) is 0 Å². The number of furan rings is 1. The summed E-state index contributed by atoms with van der Waals surface area (Å²) in [5, 5.41) is 7.69. The van der Waals surface area contributed by atoms with Gasteiger partial charge in [-0.05, 0) is 38.0 Å². The number of pyridine rings is 1. The topological polar surface area (TPSA) is 73.0 Å². The average Bonchev–Trinajstić information content (AvgIpc) is 3.24. The SMILES string of the molecule is Cc1nn(CC(=O)NC2CCCCCC2)c2nc(-c3ccco3)cc(C(F)F)c12. The van der Waals surface area contributed by atoms with Gasteiger partial charge in [-0.2, -0.15) is 5.10 Å². The summed E-state index contributed by atoms with van der Waals surface area (Å²) < 4.78 is 34.2. The Morgan fingerprint density at radius 1 is 1.31 bits per heavy atom. The van der Waals surface area contributed by atoms with E-state index in [0.717, 1.165) is 25.7 Å². The van der Waals surface area contributed by atoms with Crippen LogP contribution in [0.1, 0.15) is 56.2 Å². The quantitative estimate of drug-likeness (QED) is 0.624. The highest BCUT2D eigenvalue weighted by Crippen LogP contribution is 2.33. The maximum atomic E-state index is 13.7. The van der Waals surface area contributed by atoms with Crippen LogP contribution in [-0.2, 0) is 11.3 Å². The number of carbonyl (C=O) groups excluding carboxylic acids is 1. The van der Waals surface area contributed by atoms with E-state index in [2.05, 4.69) is 15.4 Å². The van der Waals surface area contributed by atoms with Crippen molar-refractivity contribution in [3.05, 3.63) is 35.7 Å². The molecule has 154 valence electrons. The fraction of sp³-hybridized carbons (Fsp3) is 0.476. The number of carbonyl (C=O) groups is 1. The van der Waals surface area contributed by atoms with Crippen molar-refractivity contribution in [3.8, 4) is 11.5 Å². The Bertz CT molecular complexity index is 990. The van der Waals surface area contributed by atoms with Crippen LogP contribution in [0.25, 0.3) is 22.5 Å². The lowest BCUT2D eigenvalue weighted by molar-refractivity contribution is -0.122. The van der Waals surface area contributed by atoms with Crippen molar-refractivity contribution in [3.63, 3.8) is 0 Å². The predicted molar refractivity (Wildman–Crippen MR) is 105 cm³/mol. The molecule has 0 aliphatic heterocycles. The molecule has 1 saturated carbocycles. The summed E-state index contributed by atoms with van der Waals surface area (Å²) >= 11 is 0. The summed E-state index contributed by atoms with van der Waals surface area (Å²) in [6.07, 6.45) is 5.34. The highest BCUT2D eigenvalue weighted by molar-refractivity contribution is 5.86. The number of fused-ring (bicyclic) bond motifs is 1. The van der Waals surface area contributed by atoms with Gasteiger partial charge in [-0.1, -0.05) is 25.7 Å². The van der Waals surface area contributed by atoms with Gasteiger partial charge in [-0.25, -0.2) is 18.4 Å². The molecule has 6 nitrogen and oxygen atoms in total. The minimum Gasteiger partial charge on any atom is -0.463 e. The van der Waals surface area contributed by atoms with Crippen LogP contribution in [0.15, 0.2) is 28.9 Å². The van der Waals surface area contributed by atoms with Crippen LogP contribution in [0.3, 0.4) is 0 Å². The standard InChI is InChI=1S/C21H24F2N4O2/c1-13-19-15(20(22)23)11-16(17-9-6-10-29-17)25-21(19)27(26-13)12-18(28)24-14-7-4-2-3-5-8-14/h6,9-11,14,20H,2-5,7-8,12H2,1H3,(H,24,28). The predicted octanol–water partition coefficient (Wildman–Crippen LogP) is 4.78. The Morgan fingerprint density at radius 3 is 2.72 bits per heavy atom. The van der Waals surface area contributed by atoms with Gasteiger partial charge in [0.05, 0.1) is 17.3 Å². The van der Waals surface area contributed by atoms with Gasteiger partial charge in [0.15, 0.2) is 11.4 Å². The third-order valence-corrected chi connectivity index (χ3v) is 5.43. The van der Waals surface area contributed by atoms with E-state index >= 15 is 0 Å². The summed E-state index contributed by atoms with van der Waals surface area (Å²) in [6, 6.07) is 4.83. The van der Waals surface area contributed by atoms with Gasteiger partial charge in [0.25, 0.3) is 6.43 Å². The molecule has 1 aliphatic rings. The van der Waals surface area contributed by atoms with E-state index in [4.69, 9.17) is 4.42 Å². The molecule has 1 fully saturated rings. The summed E-state index contributed by atoms with van der Waals surface area (Å²) in [4.78, 5) is 17.1. The number of hydrogen-bond acceptors (Lipinski definition) is 4. The molecule has 0 unspecified atom stereocenters. The minimum atomic E-state index is -2.69. The third kappa shape index (κ3) is 4.16. The number of nitrogens with zero attached hydrogens (tertiary/aromatic N) is 3. The van der Waals surface area contributed by atoms with Crippen molar-refractivity contribution in [2.45, 2.75) is 64.5 Å². The molecule has 3 aromatic rings. The van der Waals surface area contributed by atoms with Crippen LogP contribution < -0.4 is 5.32 Å². The first kappa shape index (κ1) is 19.5. The van der Waals surface area contributed by atoms with Gasteiger partial charge in [0, 0.05) is 11.6 Å². The van der Waals surface area contributed by atoms with Crippen LogP contribution in [0.4, 0.5) is 8.78 Å². The molecule has 0 bridgehead atoms. The normalized spacial score (nSPS) is 15.7. The first-order chi connectivity index (χ1) is 14.0. The fourth-order valence-electron chi connectivity index (χ4n) is 4.05. The Kier molecular flexibility index (Phi) is 5.60. The molecular weight excluding hydrogens is 378 g/mol. The first-order valence-electron chi connectivity index (χ1n) is 10.0. The van der Waals surface area contributed by atoms with Crippen molar-refractivity contribution >= 4 is 16.9 Å². The molecule has 0 radical (unpaired) electrons. The summed E-state index contributed by atoms with van der Waals surface area (Å²) in [7, 11) is 0. The van der Waals surface area contributed by atoms with E-state index in [9.17, 15) is 13.6 Å². The molecule has 1 N–H and O–H groups in total. The lowest BCUT2D eigenvalue weighted by Gasteiger charge is -2.16. The minimum absolute atomic E-state index is 0.0574. The maximum absolute atomic E-state index is 13.7. The largest absolute Gasteiger partial charge is 0.463 e. The zero-order valence-corrected chi connectivity index (χ0v) is 16.3. The number of aromatic nitrogens is 3. The van der Waals surface area contributed by atoms with E-state index < -0.39 is 6.43 Å². The van der Waals surface area contributed by atoms with Gasteiger partial charge in [0.1, 0.15) is 12.2 Å². The van der Waals surface area contributed by atoms with Crippen LogP contribution in [0.5, 0.6) is 0 Å². The monoisotopic (exact) mass is 402 g/mol. The third-order valence-electron chi connectivity index (χ3n) is 5.43. The Morgan fingerprint density at radius 2 is 2.07 bits per heavy atom. The lowest BCUT2D eigenvalue weighted by atomic mass is 10.1. The van der Waals surface area contributed by atoms with Crippen LogP contribution in [0.2, 0.25) is 0 Å². The summed E-state index contributed by atoms with van der Waals surface area (Å²) in [5.41, 5.74) is 0.830. The average molecular weight is 402 g/mol. The van der Waals surface area contributed by atoms with Crippen molar-refractivity contribution in [1.82, 2.24) is 20.1 Å². The first-order valence-corrected chi connectivity index (χ1v) is 10.0. The Hall–Kier alpha value is -2.77. The number of amides is 1. The molecule has 4 rings (SSSR count). The van der Waals surface area contributed by atoms with E-state index in [1.165, 1.54) is 29.9 Å². The molecule has 3 aromatic heterocycles. The van der Waals surface area contributed by atoms with Gasteiger partial charge in [-0.3, -0.25) is 4.79 Å². The second kappa shape index (κ2) is 8.31. The van der Waals surface area contributed by atoms with E-state index in [-0.39, 0.29) is 35.1 Å². The number of hydrogen-bond donors (Lipinski definition) is 1. The van der Waals surface area contributed by atoms with Gasteiger partial charge in [0.2, 0.25) is 5.91 Å². The molecule has 8 heteroatoms. The van der Waals surface area contributed by atoms with E-state index in [0.29, 0.717) is 17.1 Å². The second-order valence-corrected chi connectivity index (χ2v) is 7.57. The fourth-order valence-corrected chi connectivity index (χ4v) is 4.05. The molecule has 0 saturated heterocycles. The van der Waals surface area contributed by atoms with Gasteiger partial charge >= 0.3 is 0 Å². The lowest BCUT2D eigenvalue weighted by Crippen LogP contribution is -2.36. The van der Waals surface area contributed by atoms with Crippen LogP contribution in [-0.4, -0.2) is 26.7 Å². The number of halogens is 2. The van der Waals surface area contributed by atoms with Gasteiger partial charge < -0.3 is 9.73 Å². The molecular formula is C21H24F2N4O2. The highest BCUT2D eigenvalue weighted by Gasteiger charge is 2.23. The smallest absolute Gasteiger partial charge is 0.264 e. The summed E-state index contributed by atoms with van der Waals surface area (Å²) in [6.45, 7) is 1.60. The van der Waals surface area contributed by atoms with Crippen molar-refractivity contribution < 1.29 is 18.0 Å². The van der Waals surface area contributed by atoms with E-state index in [1.807, 2.05) is 0 Å². The number of alkyl halides is 2. The molecule has 1 amide bonds. The van der Waals surface area contributed by atoms with E-state index in [1.54, 1.807) is 19.1 Å². The Balaban J connectivity index is 1.66. The summed E-state index contributed by atoms with van der Waals surface area (Å²) in [5.74, 6) is 0.215. The molecule has 0 aromatic carbocycles.